The van der Waals surface area contributed by atoms with Crippen molar-refractivity contribution in [1.29, 1.82) is 0 Å². The van der Waals surface area contributed by atoms with E-state index in [1.807, 2.05) is 0 Å². The van der Waals surface area contributed by atoms with Gasteiger partial charge in [-0.2, -0.15) is 13.2 Å². The van der Waals surface area contributed by atoms with Crippen molar-refractivity contribution < 1.29 is 37.0 Å². The lowest BCUT2D eigenvalue weighted by Gasteiger charge is -2.17. The highest BCUT2D eigenvalue weighted by atomic mass is 19.4. The SMILES string of the molecule is CCOC(=O)CC[C@H](NC(=O)c1ccc(Nc2cnc3cc(C(F)(F)F)ccc3n2)cc1)C(=O)OCC. The van der Waals surface area contributed by atoms with Crippen LogP contribution in [0.3, 0.4) is 0 Å². The van der Waals surface area contributed by atoms with Crippen LogP contribution in [0.1, 0.15) is 42.6 Å². The largest absolute Gasteiger partial charge is 0.466 e. The molecule has 0 bridgehead atoms. The summed E-state index contributed by atoms with van der Waals surface area (Å²) in [6.07, 6.45) is -3.21. The highest BCUT2D eigenvalue weighted by Gasteiger charge is 2.30. The molecule has 0 fully saturated rings. The summed E-state index contributed by atoms with van der Waals surface area (Å²) in [5.41, 5.74) is 0.366. The van der Waals surface area contributed by atoms with Gasteiger partial charge in [-0.05, 0) is 62.7 Å². The van der Waals surface area contributed by atoms with Gasteiger partial charge in [0, 0.05) is 17.7 Å². The molecule has 3 aromatic rings. The van der Waals surface area contributed by atoms with Crippen molar-refractivity contribution in [2.24, 2.45) is 0 Å². The number of amides is 1. The predicted octanol–water partition coefficient (Wildman–Crippen LogP) is 4.40. The third-order valence-electron chi connectivity index (χ3n) is 5.11. The molecule has 2 N–H and O–H groups in total. The van der Waals surface area contributed by atoms with Crippen molar-refractivity contribution in [3.8, 4) is 0 Å². The highest BCUT2D eigenvalue weighted by molar-refractivity contribution is 5.97. The van der Waals surface area contributed by atoms with Crippen LogP contribution in [-0.4, -0.2) is 47.1 Å². The van der Waals surface area contributed by atoms with Crippen LogP contribution in [0.4, 0.5) is 24.7 Å². The normalized spacial score (nSPS) is 12.0. The van der Waals surface area contributed by atoms with Gasteiger partial charge < -0.3 is 20.1 Å². The molecule has 0 spiro atoms. The van der Waals surface area contributed by atoms with Crippen molar-refractivity contribution in [2.45, 2.75) is 38.9 Å². The fraction of sp³-hybridized carbons (Fsp3) is 0.320. The summed E-state index contributed by atoms with van der Waals surface area (Å²) >= 11 is 0. The zero-order valence-electron chi connectivity index (χ0n) is 20.1. The van der Waals surface area contributed by atoms with Crippen LogP contribution in [0.5, 0.6) is 0 Å². The lowest BCUT2D eigenvalue weighted by Crippen LogP contribution is -2.42. The number of benzene rings is 2. The van der Waals surface area contributed by atoms with Crippen molar-refractivity contribution in [3.05, 3.63) is 59.8 Å². The number of carbonyl (C=O) groups is 3. The first-order valence-corrected chi connectivity index (χ1v) is 11.4. The number of nitrogens with one attached hydrogen (secondary N) is 2. The quantitative estimate of drug-likeness (QED) is 0.379. The topological polar surface area (TPSA) is 120 Å². The van der Waals surface area contributed by atoms with Gasteiger partial charge in [0.15, 0.2) is 0 Å². The molecule has 0 saturated heterocycles. The number of nitrogens with zero attached hydrogens (tertiary/aromatic N) is 2. The molecule has 9 nitrogen and oxygen atoms in total. The van der Waals surface area contributed by atoms with Gasteiger partial charge >= 0.3 is 18.1 Å². The Bertz CT molecular complexity index is 1270. The monoisotopic (exact) mass is 518 g/mol. The molecule has 0 saturated carbocycles. The third kappa shape index (κ3) is 7.63. The number of hydrogen-bond donors (Lipinski definition) is 2. The first-order chi connectivity index (χ1) is 17.6. The predicted molar refractivity (Wildman–Crippen MR) is 128 cm³/mol. The smallest absolute Gasteiger partial charge is 0.416 e. The number of fused-ring (bicyclic) bond motifs is 1. The molecule has 12 heteroatoms. The summed E-state index contributed by atoms with van der Waals surface area (Å²) in [4.78, 5) is 44.9. The van der Waals surface area contributed by atoms with E-state index in [0.717, 1.165) is 12.1 Å². The molecule has 3 rings (SSSR count). The van der Waals surface area contributed by atoms with E-state index in [1.54, 1.807) is 26.0 Å². The van der Waals surface area contributed by atoms with Gasteiger partial charge in [-0.15, -0.1) is 0 Å². The van der Waals surface area contributed by atoms with Gasteiger partial charge in [-0.3, -0.25) is 14.6 Å². The van der Waals surface area contributed by atoms with Crippen LogP contribution in [-0.2, 0) is 25.2 Å². The summed E-state index contributed by atoms with van der Waals surface area (Å²) in [7, 11) is 0. The van der Waals surface area contributed by atoms with E-state index in [4.69, 9.17) is 9.47 Å². The van der Waals surface area contributed by atoms with Crippen LogP contribution < -0.4 is 10.6 Å². The molecule has 0 aliphatic heterocycles. The van der Waals surface area contributed by atoms with Gasteiger partial charge in [0.2, 0.25) is 0 Å². The fourth-order valence-electron chi connectivity index (χ4n) is 3.33. The average Bonchev–Trinajstić information content (AvgIpc) is 2.86. The molecule has 1 heterocycles. The standard InChI is InChI=1S/C25H25F3N4O5/c1-3-36-22(33)12-11-19(24(35)37-4-2)32-23(34)15-5-8-17(9-6-15)30-21-14-29-20-13-16(25(26,27)28)7-10-18(20)31-21/h5-10,13-14,19H,3-4,11-12H2,1-2H3,(H,30,31)(H,32,34)/t19-/m0/s1. The second-order valence-electron chi connectivity index (χ2n) is 7.78. The number of esters is 2. The number of ether oxygens (including phenoxy) is 2. The number of halogens is 3. The molecule has 0 aliphatic carbocycles. The van der Waals surface area contributed by atoms with Gasteiger partial charge in [0.1, 0.15) is 11.9 Å². The van der Waals surface area contributed by atoms with E-state index in [1.165, 1.54) is 24.4 Å². The van der Waals surface area contributed by atoms with Crippen molar-refractivity contribution in [2.75, 3.05) is 18.5 Å². The molecule has 1 aromatic heterocycles. The zero-order chi connectivity index (χ0) is 27.0. The van der Waals surface area contributed by atoms with Crippen LogP contribution in [0.2, 0.25) is 0 Å². The molecule has 0 unspecified atom stereocenters. The van der Waals surface area contributed by atoms with E-state index in [0.29, 0.717) is 11.5 Å². The van der Waals surface area contributed by atoms with Crippen LogP contribution in [0.15, 0.2) is 48.7 Å². The highest BCUT2D eigenvalue weighted by Crippen LogP contribution is 2.31. The minimum Gasteiger partial charge on any atom is -0.466 e. The van der Waals surface area contributed by atoms with Gasteiger partial charge in [0.05, 0.1) is 36.0 Å². The van der Waals surface area contributed by atoms with Gasteiger partial charge in [-0.1, -0.05) is 0 Å². The Labute approximate surface area is 210 Å². The molecule has 196 valence electrons. The molecule has 2 aromatic carbocycles. The summed E-state index contributed by atoms with van der Waals surface area (Å²) in [6, 6.07) is 8.27. The maximum atomic E-state index is 12.9. The van der Waals surface area contributed by atoms with E-state index in [2.05, 4.69) is 20.6 Å². The Morgan fingerprint density at radius 1 is 0.973 bits per heavy atom. The molecule has 0 radical (unpaired) electrons. The van der Waals surface area contributed by atoms with Gasteiger partial charge in [-0.25, -0.2) is 9.78 Å². The molecule has 37 heavy (non-hydrogen) atoms. The molecule has 0 aliphatic rings. The second-order valence-corrected chi connectivity index (χ2v) is 7.78. The number of aromatic nitrogens is 2. The lowest BCUT2D eigenvalue weighted by molar-refractivity contribution is -0.147. The summed E-state index contributed by atoms with van der Waals surface area (Å²) in [6.45, 7) is 3.62. The Balaban J connectivity index is 1.66. The Kier molecular flexibility index (Phi) is 8.99. The molecule has 1 atom stereocenters. The van der Waals surface area contributed by atoms with Crippen LogP contribution in [0.25, 0.3) is 11.0 Å². The van der Waals surface area contributed by atoms with Crippen LogP contribution in [0, 0.1) is 0 Å². The van der Waals surface area contributed by atoms with E-state index < -0.39 is 35.6 Å². The molecular weight excluding hydrogens is 493 g/mol. The maximum absolute atomic E-state index is 12.9. The van der Waals surface area contributed by atoms with Crippen molar-refractivity contribution >= 4 is 40.4 Å². The van der Waals surface area contributed by atoms with Gasteiger partial charge in [0.25, 0.3) is 5.91 Å². The first-order valence-electron chi connectivity index (χ1n) is 11.4. The first kappa shape index (κ1) is 27.4. The van der Waals surface area contributed by atoms with Crippen molar-refractivity contribution in [3.63, 3.8) is 0 Å². The van der Waals surface area contributed by atoms with Crippen molar-refractivity contribution in [1.82, 2.24) is 15.3 Å². The number of rotatable bonds is 10. The summed E-state index contributed by atoms with van der Waals surface area (Å²) in [5.74, 6) is -1.39. The lowest BCUT2D eigenvalue weighted by atomic mass is 10.1. The molecular formula is C25H25F3N4O5. The fourth-order valence-corrected chi connectivity index (χ4v) is 3.33. The van der Waals surface area contributed by atoms with E-state index in [-0.39, 0.29) is 42.7 Å². The number of anilines is 2. The molecule has 1 amide bonds. The minimum atomic E-state index is -4.47. The number of carbonyl (C=O) groups excluding carboxylic acids is 3. The number of hydrogen-bond acceptors (Lipinski definition) is 8. The number of alkyl halides is 3. The zero-order valence-corrected chi connectivity index (χ0v) is 20.1. The average molecular weight is 518 g/mol. The Morgan fingerprint density at radius 3 is 2.32 bits per heavy atom. The second kappa shape index (κ2) is 12.2. The summed E-state index contributed by atoms with van der Waals surface area (Å²) < 4.78 is 48.5. The van der Waals surface area contributed by atoms with E-state index in [9.17, 15) is 27.6 Å². The minimum absolute atomic E-state index is 0.0220. The Hall–Kier alpha value is -4.22. The third-order valence-corrected chi connectivity index (χ3v) is 5.11. The maximum Gasteiger partial charge on any atom is 0.416 e. The summed E-state index contributed by atoms with van der Waals surface area (Å²) in [5, 5.41) is 5.55. The van der Waals surface area contributed by atoms with Crippen LogP contribution >= 0.6 is 0 Å². The van der Waals surface area contributed by atoms with E-state index >= 15 is 0 Å². The Morgan fingerprint density at radius 2 is 1.68 bits per heavy atom.